The first kappa shape index (κ1) is 49.5. The number of sulfonamides is 3. The molecule has 0 spiro atoms. The summed E-state index contributed by atoms with van der Waals surface area (Å²) in [5, 5.41) is 15.3. The molecule has 3 aromatic rings. The maximum atomic E-state index is 14.1. The number of hydrogen-bond acceptors (Lipinski definition) is 10. The number of amides is 3. The zero-order valence-electron chi connectivity index (χ0n) is 32.1. The Bertz CT molecular complexity index is 2280. The zero-order valence-corrected chi connectivity index (χ0v) is 36.8. The SMILES string of the molecule is CC(C)CN(CC(=O)N[C@@H](CCC(=O)O)CN(CC(=O)N[C@@H](C)CN(CC(N)=O)S(=O)(=O)c1ccc(Cl)cc1)S(=O)(=O)c1ccc(Cl)cc1)S(=O)(=O)c1ccc(Cl)cc1. The second-order valence-corrected chi connectivity index (χ2v) is 20.9. The molecule has 324 valence electrons. The van der Waals surface area contributed by atoms with Gasteiger partial charge in [-0.15, -0.1) is 0 Å². The monoisotopic (exact) mass is 938 g/mol. The zero-order chi connectivity index (χ0) is 44.3. The van der Waals surface area contributed by atoms with Crippen molar-refractivity contribution in [2.45, 2.75) is 60.4 Å². The molecule has 0 heterocycles. The number of carbonyl (C=O) groups is 4. The number of primary amides is 1. The smallest absolute Gasteiger partial charge is 0.303 e. The molecule has 0 aromatic heterocycles. The van der Waals surface area contributed by atoms with Gasteiger partial charge in [-0.05, 0) is 92.1 Å². The molecule has 0 aliphatic rings. The Morgan fingerprint density at radius 1 is 0.593 bits per heavy atom. The van der Waals surface area contributed by atoms with Crippen LogP contribution in [0.3, 0.4) is 0 Å². The highest BCUT2D eigenvalue weighted by Crippen LogP contribution is 2.23. The number of halogens is 3. The third-order valence-electron chi connectivity index (χ3n) is 8.28. The number of nitrogens with one attached hydrogen (secondary N) is 2. The van der Waals surface area contributed by atoms with Crippen molar-refractivity contribution in [3.63, 3.8) is 0 Å². The lowest BCUT2D eigenvalue weighted by Crippen LogP contribution is -2.52. The molecular weight excluding hydrogens is 895 g/mol. The van der Waals surface area contributed by atoms with Gasteiger partial charge in [0.05, 0.1) is 34.3 Å². The lowest BCUT2D eigenvalue weighted by Gasteiger charge is -2.29. The van der Waals surface area contributed by atoms with Crippen LogP contribution >= 0.6 is 34.8 Å². The van der Waals surface area contributed by atoms with Crippen LogP contribution in [0.1, 0.15) is 33.6 Å². The number of carboxylic acids is 1. The predicted octanol–water partition coefficient (Wildman–Crippen LogP) is 3.01. The molecule has 59 heavy (non-hydrogen) atoms. The average molecular weight is 940 g/mol. The molecule has 3 aromatic carbocycles. The predicted molar refractivity (Wildman–Crippen MR) is 221 cm³/mol. The molecule has 0 bridgehead atoms. The molecule has 0 fully saturated rings. The highest BCUT2D eigenvalue weighted by atomic mass is 35.5. The lowest BCUT2D eigenvalue weighted by molar-refractivity contribution is -0.137. The van der Waals surface area contributed by atoms with E-state index in [2.05, 4.69) is 10.6 Å². The van der Waals surface area contributed by atoms with E-state index in [-0.39, 0.29) is 48.6 Å². The molecule has 2 atom stereocenters. The molecule has 3 amide bonds. The summed E-state index contributed by atoms with van der Waals surface area (Å²) in [5.41, 5.74) is 5.33. The van der Waals surface area contributed by atoms with E-state index in [0.717, 1.165) is 8.61 Å². The van der Waals surface area contributed by atoms with Crippen LogP contribution in [-0.2, 0) is 49.2 Å². The summed E-state index contributed by atoms with van der Waals surface area (Å²) in [4.78, 5) is 50.0. The minimum atomic E-state index is -4.60. The highest BCUT2D eigenvalue weighted by molar-refractivity contribution is 7.89. The third kappa shape index (κ3) is 15.0. The normalized spacial score (nSPS) is 13.4. The van der Waals surface area contributed by atoms with E-state index >= 15 is 0 Å². The van der Waals surface area contributed by atoms with Gasteiger partial charge in [-0.2, -0.15) is 12.9 Å². The minimum absolute atomic E-state index is 0.0918. The van der Waals surface area contributed by atoms with Gasteiger partial charge in [0.15, 0.2) is 0 Å². The van der Waals surface area contributed by atoms with E-state index in [1.165, 1.54) is 79.7 Å². The largest absolute Gasteiger partial charge is 0.481 e. The van der Waals surface area contributed by atoms with Crippen molar-refractivity contribution in [2.24, 2.45) is 11.7 Å². The van der Waals surface area contributed by atoms with Crippen LogP contribution in [0.4, 0.5) is 0 Å². The number of nitrogens with two attached hydrogens (primary N) is 1. The van der Waals surface area contributed by atoms with E-state index < -0.39 is 105 Å². The van der Waals surface area contributed by atoms with E-state index in [1.807, 2.05) is 0 Å². The van der Waals surface area contributed by atoms with Gasteiger partial charge in [-0.25, -0.2) is 25.3 Å². The van der Waals surface area contributed by atoms with Crippen molar-refractivity contribution in [1.82, 2.24) is 23.5 Å². The van der Waals surface area contributed by atoms with E-state index in [9.17, 15) is 49.5 Å². The van der Waals surface area contributed by atoms with Crippen LogP contribution in [0.25, 0.3) is 0 Å². The molecule has 23 heteroatoms. The van der Waals surface area contributed by atoms with Crippen molar-refractivity contribution < 1.29 is 49.5 Å². The number of carbonyl (C=O) groups excluding carboxylic acids is 3. The van der Waals surface area contributed by atoms with Crippen LogP contribution in [0.2, 0.25) is 15.1 Å². The fourth-order valence-electron chi connectivity index (χ4n) is 5.61. The Balaban J connectivity index is 1.92. The Morgan fingerprint density at radius 3 is 1.31 bits per heavy atom. The van der Waals surface area contributed by atoms with Crippen molar-refractivity contribution in [1.29, 1.82) is 0 Å². The van der Waals surface area contributed by atoms with Crippen LogP contribution in [-0.4, -0.2) is 118 Å². The second kappa shape index (κ2) is 21.6. The topological polar surface area (TPSA) is 251 Å². The Kier molecular flexibility index (Phi) is 18.1. The minimum Gasteiger partial charge on any atom is -0.481 e. The summed E-state index contributed by atoms with van der Waals surface area (Å²) >= 11 is 17.8. The van der Waals surface area contributed by atoms with Crippen LogP contribution < -0.4 is 16.4 Å². The number of nitrogens with zero attached hydrogens (tertiary/aromatic N) is 3. The Labute approximate surface area is 358 Å². The molecule has 0 unspecified atom stereocenters. The number of aliphatic carboxylic acids is 1. The number of carboxylic acid groups (broad SMARTS) is 1. The first-order valence-electron chi connectivity index (χ1n) is 17.8. The summed E-state index contributed by atoms with van der Waals surface area (Å²) in [6.45, 7) is 1.22. The number of benzene rings is 3. The van der Waals surface area contributed by atoms with Crippen molar-refractivity contribution in [3.8, 4) is 0 Å². The van der Waals surface area contributed by atoms with Gasteiger partial charge in [0.1, 0.15) is 0 Å². The molecule has 0 aliphatic heterocycles. The van der Waals surface area contributed by atoms with E-state index in [1.54, 1.807) is 13.8 Å². The van der Waals surface area contributed by atoms with Crippen LogP contribution in [0.5, 0.6) is 0 Å². The number of hydrogen-bond donors (Lipinski definition) is 4. The van der Waals surface area contributed by atoms with Crippen LogP contribution in [0.15, 0.2) is 87.5 Å². The average Bonchev–Trinajstić information content (AvgIpc) is 3.13. The van der Waals surface area contributed by atoms with Gasteiger partial charge in [0, 0.05) is 53.2 Å². The van der Waals surface area contributed by atoms with Gasteiger partial charge >= 0.3 is 5.97 Å². The summed E-state index contributed by atoms with van der Waals surface area (Å²) in [6.07, 6.45) is -0.899. The van der Waals surface area contributed by atoms with E-state index in [0.29, 0.717) is 4.31 Å². The summed E-state index contributed by atoms with van der Waals surface area (Å²) in [7, 11) is -13.2. The molecule has 0 radical (unpaired) electrons. The fourth-order valence-corrected chi connectivity index (χ4v) is 10.5. The second-order valence-electron chi connectivity index (χ2n) is 13.8. The van der Waals surface area contributed by atoms with Crippen LogP contribution in [0, 0.1) is 5.92 Å². The lowest BCUT2D eigenvalue weighted by atomic mass is 10.1. The van der Waals surface area contributed by atoms with Gasteiger partial charge in [0.25, 0.3) is 0 Å². The van der Waals surface area contributed by atoms with Gasteiger partial charge in [-0.1, -0.05) is 48.7 Å². The van der Waals surface area contributed by atoms with Gasteiger partial charge in [0.2, 0.25) is 47.8 Å². The van der Waals surface area contributed by atoms with Crippen molar-refractivity contribution >= 4 is 88.6 Å². The molecule has 3 rings (SSSR count). The Morgan fingerprint density at radius 2 is 0.949 bits per heavy atom. The molecule has 0 saturated carbocycles. The highest BCUT2D eigenvalue weighted by Gasteiger charge is 2.33. The first-order valence-corrected chi connectivity index (χ1v) is 23.2. The molecular formula is C36H45Cl3N6O11S3. The van der Waals surface area contributed by atoms with E-state index in [4.69, 9.17) is 40.5 Å². The molecule has 0 aliphatic carbocycles. The summed E-state index contributed by atoms with van der Waals surface area (Å²) in [5.74, 6) is -4.36. The summed E-state index contributed by atoms with van der Waals surface area (Å²) in [6, 6.07) is 13.0. The first-order chi connectivity index (χ1) is 27.4. The third-order valence-corrected chi connectivity index (χ3v) is 14.5. The molecule has 5 N–H and O–H groups in total. The molecule has 0 saturated heterocycles. The maximum absolute atomic E-state index is 14.1. The summed E-state index contributed by atoms with van der Waals surface area (Å²) < 4.78 is 84.5. The maximum Gasteiger partial charge on any atom is 0.303 e. The quantitative estimate of drug-likeness (QED) is 0.108. The van der Waals surface area contributed by atoms with Crippen molar-refractivity contribution in [3.05, 3.63) is 87.9 Å². The Hall–Kier alpha value is -3.86. The number of rotatable bonds is 23. The van der Waals surface area contributed by atoms with Crippen molar-refractivity contribution in [2.75, 3.05) is 39.3 Å². The van der Waals surface area contributed by atoms with Gasteiger partial charge < -0.3 is 21.5 Å². The standard InChI is InChI=1S/C36H45Cl3N6O11S3/c1-24(2)18-43(57(51,52)30-11-4-26(37)5-12-30)23-35(48)42-29(10-17-36(49)50)20-45(59(55,56)32-15-8-28(39)9-16-32)22-34(47)41-25(3)19-44(21-33(40)46)58(53,54)31-13-6-27(38)7-14-31/h4-9,11-16,24-25,29H,10,17-23H2,1-3H3,(H2,40,46)(H,41,47)(H,42,48)(H,49,50)/t25-,29-/m0/s1. The fraction of sp³-hybridized carbons (Fsp3) is 0.389. The van der Waals surface area contributed by atoms with Gasteiger partial charge in [-0.3, -0.25) is 19.2 Å². The molecule has 17 nitrogen and oxygen atoms in total.